The fourth-order valence-corrected chi connectivity index (χ4v) is 4.04. The van der Waals surface area contributed by atoms with Gasteiger partial charge in [0.05, 0.1) is 16.9 Å². The van der Waals surface area contributed by atoms with Gasteiger partial charge in [0.25, 0.3) is 0 Å². The monoisotopic (exact) mass is 330 g/mol. The smallest absolute Gasteiger partial charge is 0.207 e. The maximum absolute atomic E-state index is 12.4. The molecule has 0 aromatic heterocycles. The lowest BCUT2D eigenvalue weighted by molar-refractivity contribution is 0.399. The van der Waals surface area contributed by atoms with E-state index < -0.39 is 10.0 Å². The Kier molecular flexibility index (Phi) is 5.32. The predicted octanol–water partition coefficient (Wildman–Crippen LogP) is 2.62. The molecule has 0 aliphatic rings. The zero-order valence-corrected chi connectivity index (χ0v) is 12.7. The van der Waals surface area contributed by atoms with Crippen LogP contribution in [0.25, 0.3) is 0 Å². The third-order valence-electron chi connectivity index (χ3n) is 2.51. The van der Waals surface area contributed by atoms with E-state index in [0.29, 0.717) is 11.0 Å². The number of hydrogen-bond acceptors (Lipinski definition) is 3. The molecule has 1 aromatic carbocycles. The number of halogens is 1. The van der Waals surface area contributed by atoms with E-state index >= 15 is 0 Å². The number of nitrogens with zero attached hydrogens (tertiary/aromatic N) is 2. The van der Waals surface area contributed by atoms with Gasteiger partial charge in [-0.05, 0) is 35.0 Å². The molecule has 0 aliphatic heterocycles. The molecule has 1 aromatic rings. The van der Waals surface area contributed by atoms with E-state index in [1.807, 2.05) is 0 Å². The largest absolute Gasteiger partial charge is 0.244 e. The van der Waals surface area contributed by atoms with E-state index in [9.17, 15) is 8.42 Å². The first-order valence-corrected chi connectivity index (χ1v) is 7.81. The molecule has 6 heteroatoms. The quantitative estimate of drug-likeness (QED) is 0.833. The summed E-state index contributed by atoms with van der Waals surface area (Å²) in [5.74, 6) is -0.331. The van der Waals surface area contributed by atoms with Gasteiger partial charge in [0.1, 0.15) is 0 Å². The minimum absolute atomic E-state index is 0.205. The Morgan fingerprint density at radius 3 is 2.56 bits per heavy atom. The third kappa shape index (κ3) is 3.31. The average Bonchev–Trinajstić information content (AvgIpc) is 2.35. The van der Waals surface area contributed by atoms with E-state index in [1.54, 1.807) is 38.1 Å². The fraction of sp³-hybridized carbons (Fsp3) is 0.417. The van der Waals surface area contributed by atoms with E-state index in [-0.39, 0.29) is 17.4 Å². The van der Waals surface area contributed by atoms with Crippen molar-refractivity contribution in [3.8, 4) is 6.07 Å². The van der Waals surface area contributed by atoms with Crippen LogP contribution in [-0.4, -0.2) is 25.8 Å². The molecular formula is C12H15BrN2O2S. The van der Waals surface area contributed by atoms with E-state index in [2.05, 4.69) is 22.0 Å². The molecule has 0 spiro atoms. The summed E-state index contributed by atoms with van der Waals surface area (Å²) in [5, 5.41) is 8.79. The van der Waals surface area contributed by atoms with Crippen LogP contribution in [-0.2, 0) is 10.0 Å². The molecule has 0 amide bonds. The highest BCUT2D eigenvalue weighted by molar-refractivity contribution is 9.10. The van der Waals surface area contributed by atoms with Crippen LogP contribution >= 0.6 is 15.9 Å². The van der Waals surface area contributed by atoms with Crippen LogP contribution in [0.1, 0.15) is 13.8 Å². The van der Waals surface area contributed by atoms with Crippen molar-refractivity contribution in [1.82, 2.24) is 4.31 Å². The molecule has 98 valence electrons. The standard InChI is InChI=1S/C12H15BrN2O2S/c1-3-15(9-10(2)8-14)18(16,17)12-7-5-4-6-11(12)13/h4-7,10H,3,9H2,1-2H3/t10-/m1/s1. The molecule has 0 N–H and O–H groups in total. The van der Waals surface area contributed by atoms with E-state index in [4.69, 9.17) is 5.26 Å². The first kappa shape index (κ1) is 15.2. The van der Waals surface area contributed by atoms with Crippen LogP contribution in [0, 0.1) is 17.2 Å². The van der Waals surface area contributed by atoms with Crippen molar-refractivity contribution < 1.29 is 8.42 Å². The maximum Gasteiger partial charge on any atom is 0.244 e. The molecule has 0 saturated carbocycles. The highest BCUT2D eigenvalue weighted by Crippen LogP contribution is 2.25. The summed E-state index contributed by atoms with van der Waals surface area (Å²) in [7, 11) is -3.55. The van der Waals surface area contributed by atoms with Crippen molar-refractivity contribution in [1.29, 1.82) is 5.26 Å². The zero-order valence-electron chi connectivity index (χ0n) is 10.3. The second kappa shape index (κ2) is 6.32. The lowest BCUT2D eigenvalue weighted by atomic mass is 10.2. The Hall–Kier alpha value is -0.900. The van der Waals surface area contributed by atoms with Gasteiger partial charge in [-0.3, -0.25) is 0 Å². The summed E-state index contributed by atoms with van der Waals surface area (Å²) >= 11 is 3.24. The van der Waals surface area contributed by atoms with Crippen LogP contribution < -0.4 is 0 Å². The lowest BCUT2D eigenvalue weighted by Gasteiger charge is -2.22. The summed E-state index contributed by atoms with van der Waals surface area (Å²) in [4.78, 5) is 0.233. The first-order chi connectivity index (χ1) is 8.43. The van der Waals surface area contributed by atoms with Gasteiger partial charge >= 0.3 is 0 Å². The minimum Gasteiger partial charge on any atom is -0.207 e. The summed E-state index contributed by atoms with van der Waals surface area (Å²) in [6.45, 7) is 4.02. The molecule has 18 heavy (non-hydrogen) atoms. The van der Waals surface area contributed by atoms with Gasteiger partial charge in [-0.2, -0.15) is 9.57 Å². The number of nitriles is 1. The second-order valence-corrected chi connectivity index (χ2v) is 6.68. The molecule has 0 bridgehead atoms. The first-order valence-electron chi connectivity index (χ1n) is 5.57. The van der Waals surface area contributed by atoms with Gasteiger partial charge in [-0.1, -0.05) is 19.1 Å². The van der Waals surface area contributed by atoms with E-state index in [0.717, 1.165) is 0 Å². The SMILES string of the molecule is CCN(C[C@H](C)C#N)S(=O)(=O)c1ccccc1Br. The molecule has 0 heterocycles. The van der Waals surface area contributed by atoms with Gasteiger partial charge in [-0.25, -0.2) is 8.42 Å². The summed E-state index contributed by atoms with van der Waals surface area (Å²) in [6, 6.07) is 8.73. The van der Waals surface area contributed by atoms with Crippen molar-refractivity contribution in [2.45, 2.75) is 18.7 Å². The molecule has 4 nitrogen and oxygen atoms in total. The summed E-state index contributed by atoms with van der Waals surface area (Å²) in [5.41, 5.74) is 0. The predicted molar refractivity (Wildman–Crippen MR) is 73.4 cm³/mol. The normalized spacial score (nSPS) is 13.3. The molecule has 1 atom stereocenters. The Bertz CT molecular complexity index is 551. The summed E-state index contributed by atoms with van der Waals surface area (Å²) in [6.07, 6.45) is 0. The van der Waals surface area contributed by atoms with Crippen LogP contribution in [0.2, 0.25) is 0 Å². The number of rotatable bonds is 5. The van der Waals surface area contributed by atoms with Gasteiger partial charge in [-0.15, -0.1) is 0 Å². The molecule has 0 unspecified atom stereocenters. The fourth-order valence-electron chi connectivity index (χ4n) is 1.54. The molecule has 1 rings (SSSR count). The van der Waals surface area contributed by atoms with Crippen LogP contribution in [0.4, 0.5) is 0 Å². The molecule has 0 saturated heterocycles. The van der Waals surface area contributed by atoms with Crippen molar-refractivity contribution >= 4 is 26.0 Å². The molecule has 0 radical (unpaired) electrons. The Morgan fingerprint density at radius 2 is 2.06 bits per heavy atom. The Morgan fingerprint density at radius 1 is 1.44 bits per heavy atom. The zero-order chi connectivity index (χ0) is 13.8. The highest BCUT2D eigenvalue weighted by Gasteiger charge is 2.26. The number of benzene rings is 1. The van der Waals surface area contributed by atoms with Gasteiger partial charge in [0.15, 0.2) is 0 Å². The molecule has 0 aliphatic carbocycles. The Balaban J connectivity index is 3.13. The van der Waals surface area contributed by atoms with Gasteiger partial charge < -0.3 is 0 Å². The van der Waals surface area contributed by atoms with Crippen LogP contribution in [0.5, 0.6) is 0 Å². The second-order valence-electron chi connectivity index (χ2n) is 3.92. The van der Waals surface area contributed by atoms with Gasteiger partial charge in [0.2, 0.25) is 10.0 Å². The van der Waals surface area contributed by atoms with Gasteiger partial charge in [0, 0.05) is 17.6 Å². The minimum atomic E-state index is -3.55. The van der Waals surface area contributed by atoms with Crippen molar-refractivity contribution in [3.63, 3.8) is 0 Å². The highest BCUT2D eigenvalue weighted by atomic mass is 79.9. The number of hydrogen-bond donors (Lipinski definition) is 0. The topological polar surface area (TPSA) is 61.2 Å². The lowest BCUT2D eigenvalue weighted by Crippen LogP contribution is -2.34. The molecular weight excluding hydrogens is 316 g/mol. The number of sulfonamides is 1. The van der Waals surface area contributed by atoms with Crippen LogP contribution in [0.15, 0.2) is 33.6 Å². The molecule has 0 fully saturated rings. The third-order valence-corrected chi connectivity index (χ3v) is 5.46. The van der Waals surface area contributed by atoms with Crippen LogP contribution in [0.3, 0.4) is 0 Å². The van der Waals surface area contributed by atoms with Crippen molar-refractivity contribution in [3.05, 3.63) is 28.7 Å². The Labute approximate surface area is 116 Å². The summed E-state index contributed by atoms with van der Waals surface area (Å²) < 4.78 is 26.7. The maximum atomic E-state index is 12.4. The average molecular weight is 331 g/mol. The van der Waals surface area contributed by atoms with Crippen molar-refractivity contribution in [2.24, 2.45) is 5.92 Å². The van der Waals surface area contributed by atoms with Crippen molar-refractivity contribution in [2.75, 3.05) is 13.1 Å². The van der Waals surface area contributed by atoms with E-state index in [1.165, 1.54) is 4.31 Å².